The molecular formula is C10H21N3. The molecule has 0 atom stereocenters. The molecule has 0 spiro atoms. The first-order chi connectivity index (χ1) is 6.35. The molecule has 0 fully saturated rings. The minimum Gasteiger partial charge on any atom is -0.315 e. The van der Waals surface area contributed by atoms with Crippen molar-refractivity contribution in [1.82, 2.24) is 10.2 Å². The van der Waals surface area contributed by atoms with Crippen LogP contribution in [0.25, 0.3) is 0 Å². The maximum absolute atomic E-state index is 8.43. The lowest BCUT2D eigenvalue weighted by Gasteiger charge is -2.18. The van der Waals surface area contributed by atoms with E-state index in [-0.39, 0.29) is 0 Å². The number of hydrogen-bond donors (Lipinski definition) is 1. The first-order valence-electron chi connectivity index (χ1n) is 5.15. The molecule has 0 aromatic rings. The summed E-state index contributed by atoms with van der Waals surface area (Å²) in [6, 6.07) is 2.17. The van der Waals surface area contributed by atoms with Gasteiger partial charge < -0.3 is 10.2 Å². The molecule has 0 bridgehead atoms. The summed E-state index contributed by atoms with van der Waals surface area (Å²) < 4.78 is 0. The van der Waals surface area contributed by atoms with Gasteiger partial charge in [-0.3, -0.25) is 0 Å². The molecule has 0 aromatic heterocycles. The van der Waals surface area contributed by atoms with Gasteiger partial charge in [-0.2, -0.15) is 5.26 Å². The highest BCUT2D eigenvalue weighted by molar-refractivity contribution is 4.72. The lowest BCUT2D eigenvalue weighted by Crippen LogP contribution is -2.32. The third-order valence-corrected chi connectivity index (χ3v) is 2.02. The second-order valence-corrected chi connectivity index (χ2v) is 3.09. The Bertz CT molecular complexity index is 140. The summed E-state index contributed by atoms with van der Waals surface area (Å²) in [7, 11) is 0. The van der Waals surface area contributed by atoms with Crippen LogP contribution in [-0.4, -0.2) is 37.6 Å². The van der Waals surface area contributed by atoms with Gasteiger partial charge in [0, 0.05) is 26.1 Å². The van der Waals surface area contributed by atoms with Gasteiger partial charge in [0.2, 0.25) is 0 Å². The van der Waals surface area contributed by atoms with Crippen LogP contribution in [0.15, 0.2) is 0 Å². The van der Waals surface area contributed by atoms with E-state index in [0.29, 0.717) is 6.42 Å². The Hall–Kier alpha value is -0.590. The first-order valence-corrected chi connectivity index (χ1v) is 5.15. The third kappa shape index (κ3) is 7.76. The molecule has 0 aliphatic rings. The van der Waals surface area contributed by atoms with Gasteiger partial charge >= 0.3 is 0 Å². The lowest BCUT2D eigenvalue weighted by atomic mass is 10.4. The minimum atomic E-state index is 0.640. The molecule has 0 aliphatic carbocycles. The molecule has 0 rings (SSSR count). The fourth-order valence-corrected chi connectivity index (χ4v) is 1.18. The molecule has 1 N–H and O–H groups in total. The van der Waals surface area contributed by atoms with Crippen LogP contribution in [0.2, 0.25) is 0 Å². The highest BCUT2D eigenvalue weighted by Gasteiger charge is 1.99. The van der Waals surface area contributed by atoms with Crippen LogP contribution in [0.1, 0.15) is 26.7 Å². The van der Waals surface area contributed by atoms with Crippen molar-refractivity contribution >= 4 is 0 Å². The quantitative estimate of drug-likeness (QED) is 0.575. The fraction of sp³-hybridized carbons (Fsp3) is 0.900. The van der Waals surface area contributed by atoms with Gasteiger partial charge in [0.1, 0.15) is 0 Å². The van der Waals surface area contributed by atoms with Crippen molar-refractivity contribution in [2.75, 3.05) is 32.7 Å². The zero-order chi connectivity index (χ0) is 9.94. The zero-order valence-electron chi connectivity index (χ0n) is 8.84. The second kappa shape index (κ2) is 9.50. The van der Waals surface area contributed by atoms with E-state index in [4.69, 9.17) is 5.26 Å². The van der Waals surface area contributed by atoms with Crippen molar-refractivity contribution in [3.63, 3.8) is 0 Å². The molecule has 0 radical (unpaired) electrons. The van der Waals surface area contributed by atoms with E-state index in [1.807, 2.05) is 0 Å². The summed E-state index contributed by atoms with van der Waals surface area (Å²) in [6.07, 6.45) is 1.83. The van der Waals surface area contributed by atoms with E-state index in [1.165, 1.54) is 6.42 Å². The van der Waals surface area contributed by atoms with Crippen LogP contribution < -0.4 is 5.32 Å². The molecule has 3 nitrogen and oxygen atoms in total. The molecule has 0 aliphatic heterocycles. The molecule has 0 amide bonds. The van der Waals surface area contributed by atoms with Crippen LogP contribution in [0.4, 0.5) is 0 Å². The fourth-order valence-electron chi connectivity index (χ4n) is 1.18. The van der Waals surface area contributed by atoms with E-state index in [0.717, 1.165) is 32.7 Å². The van der Waals surface area contributed by atoms with Crippen molar-refractivity contribution < 1.29 is 0 Å². The van der Waals surface area contributed by atoms with Gasteiger partial charge in [0.25, 0.3) is 0 Å². The minimum absolute atomic E-state index is 0.640. The van der Waals surface area contributed by atoms with Crippen molar-refractivity contribution in [1.29, 1.82) is 5.26 Å². The molecule has 3 heteroatoms. The van der Waals surface area contributed by atoms with E-state index in [2.05, 4.69) is 30.1 Å². The summed E-state index contributed by atoms with van der Waals surface area (Å²) in [4.78, 5) is 2.30. The molecule has 0 saturated heterocycles. The van der Waals surface area contributed by atoms with Gasteiger partial charge in [-0.1, -0.05) is 13.8 Å². The summed E-state index contributed by atoms with van der Waals surface area (Å²) >= 11 is 0. The number of nitrogens with zero attached hydrogens (tertiary/aromatic N) is 2. The highest BCUT2D eigenvalue weighted by Crippen LogP contribution is 1.88. The summed E-state index contributed by atoms with van der Waals surface area (Å²) in [6.45, 7) is 9.43. The van der Waals surface area contributed by atoms with Gasteiger partial charge in [0.15, 0.2) is 0 Å². The average molecular weight is 183 g/mol. The van der Waals surface area contributed by atoms with Crippen molar-refractivity contribution in [3.8, 4) is 6.07 Å². The molecular weight excluding hydrogens is 162 g/mol. The largest absolute Gasteiger partial charge is 0.315 e. The van der Waals surface area contributed by atoms with Crippen molar-refractivity contribution in [3.05, 3.63) is 0 Å². The number of hydrogen-bond acceptors (Lipinski definition) is 3. The Balaban J connectivity index is 3.32. The van der Waals surface area contributed by atoms with E-state index in [9.17, 15) is 0 Å². The Kier molecular flexibility index (Phi) is 9.07. The number of likely N-dealkylation sites (N-methyl/N-ethyl adjacent to an activating group) is 1. The topological polar surface area (TPSA) is 39.1 Å². The Morgan fingerprint density at radius 1 is 1.23 bits per heavy atom. The first kappa shape index (κ1) is 12.4. The number of nitrogens with one attached hydrogen (secondary N) is 1. The summed E-state index contributed by atoms with van der Waals surface area (Å²) in [5, 5.41) is 11.8. The van der Waals surface area contributed by atoms with E-state index < -0.39 is 0 Å². The maximum atomic E-state index is 8.43. The van der Waals surface area contributed by atoms with Crippen LogP contribution in [0, 0.1) is 11.3 Å². The number of rotatable bonds is 8. The van der Waals surface area contributed by atoms with E-state index in [1.54, 1.807) is 0 Å². The summed E-state index contributed by atoms with van der Waals surface area (Å²) in [5.74, 6) is 0. The lowest BCUT2D eigenvalue weighted by molar-refractivity contribution is 0.294. The predicted octanol–water partition coefficient (Wildman–Crippen LogP) is 1.22. The molecule has 13 heavy (non-hydrogen) atoms. The monoisotopic (exact) mass is 183 g/mol. The molecule has 0 aromatic carbocycles. The van der Waals surface area contributed by atoms with Crippen molar-refractivity contribution in [2.45, 2.75) is 26.7 Å². The normalized spacial score (nSPS) is 10.3. The van der Waals surface area contributed by atoms with Gasteiger partial charge in [-0.05, 0) is 19.5 Å². The standard InChI is InChI=1S/C10H21N3/c1-3-7-12-8-10-13(4-2)9-5-6-11/h12H,3-5,7-10H2,1-2H3. The van der Waals surface area contributed by atoms with Crippen LogP contribution in [0.5, 0.6) is 0 Å². The van der Waals surface area contributed by atoms with Crippen LogP contribution in [-0.2, 0) is 0 Å². The molecule has 0 heterocycles. The van der Waals surface area contributed by atoms with Crippen molar-refractivity contribution in [2.24, 2.45) is 0 Å². The number of nitriles is 1. The van der Waals surface area contributed by atoms with E-state index >= 15 is 0 Å². The second-order valence-electron chi connectivity index (χ2n) is 3.09. The highest BCUT2D eigenvalue weighted by atomic mass is 15.1. The maximum Gasteiger partial charge on any atom is 0.0635 e. The molecule has 0 unspecified atom stereocenters. The molecule has 0 saturated carbocycles. The zero-order valence-corrected chi connectivity index (χ0v) is 8.84. The molecule has 76 valence electrons. The predicted molar refractivity (Wildman–Crippen MR) is 55.5 cm³/mol. The smallest absolute Gasteiger partial charge is 0.0635 e. The van der Waals surface area contributed by atoms with Gasteiger partial charge in [-0.25, -0.2) is 0 Å². The average Bonchev–Trinajstić information content (AvgIpc) is 2.17. The third-order valence-electron chi connectivity index (χ3n) is 2.02. The summed E-state index contributed by atoms with van der Waals surface area (Å²) in [5.41, 5.74) is 0. The SMILES string of the molecule is CCCNCCN(CC)CCC#N. The Labute approximate surface area is 81.7 Å². The Morgan fingerprint density at radius 3 is 2.54 bits per heavy atom. The van der Waals surface area contributed by atoms with Crippen LogP contribution >= 0.6 is 0 Å². The van der Waals surface area contributed by atoms with Gasteiger partial charge in [-0.15, -0.1) is 0 Å². The van der Waals surface area contributed by atoms with Crippen LogP contribution in [0.3, 0.4) is 0 Å². The Morgan fingerprint density at radius 2 is 2.00 bits per heavy atom. The van der Waals surface area contributed by atoms with Gasteiger partial charge in [0.05, 0.1) is 6.07 Å².